The standard InChI is InChI=1S/C19H19N5O/c1-12-6-14(9-20)8-15(7-12)19(25)24-10-16-17(11-24)21-13(2)22-18(16)23-4-3-5-23/h6-8H,3-5,10-11H2,1-2H3. The summed E-state index contributed by atoms with van der Waals surface area (Å²) in [4.78, 5) is 26.1. The van der Waals surface area contributed by atoms with Crippen LogP contribution >= 0.6 is 0 Å². The lowest BCUT2D eigenvalue weighted by molar-refractivity contribution is 0.0750. The van der Waals surface area contributed by atoms with Crippen LogP contribution in [0.15, 0.2) is 18.2 Å². The molecular formula is C19H19N5O. The highest BCUT2D eigenvalue weighted by molar-refractivity contribution is 5.95. The maximum Gasteiger partial charge on any atom is 0.254 e. The van der Waals surface area contributed by atoms with Crippen LogP contribution < -0.4 is 4.90 Å². The zero-order chi connectivity index (χ0) is 17.6. The minimum Gasteiger partial charge on any atom is -0.356 e. The van der Waals surface area contributed by atoms with Crippen molar-refractivity contribution in [2.45, 2.75) is 33.4 Å². The molecule has 6 nitrogen and oxygen atoms in total. The normalized spacial score (nSPS) is 15.6. The molecule has 4 rings (SSSR count). The maximum absolute atomic E-state index is 12.9. The fraction of sp³-hybridized carbons (Fsp3) is 0.368. The molecule has 0 bridgehead atoms. The van der Waals surface area contributed by atoms with E-state index < -0.39 is 0 Å². The molecule has 0 spiro atoms. The van der Waals surface area contributed by atoms with Gasteiger partial charge in [0.1, 0.15) is 11.6 Å². The highest BCUT2D eigenvalue weighted by Gasteiger charge is 2.31. The van der Waals surface area contributed by atoms with Crippen molar-refractivity contribution in [3.05, 3.63) is 52.0 Å². The Morgan fingerprint density at radius 3 is 2.64 bits per heavy atom. The third-order valence-corrected chi connectivity index (χ3v) is 4.77. The van der Waals surface area contributed by atoms with E-state index in [0.717, 1.165) is 41.6 Å². The van der Waals surface area contributed by atoms with Crippen LogP contribution in [0.4, 0.5) is 5.82 Å². The van der Waals surface area contributed by atoms with Gasteiger partial charge < -0.3 is 9.80 Å². The highest BCUT2D eigenvalue weighted by atomic mass is 16.2. The van der Waals surface area contributed by atoms with E-state index >= 15 is 0 Å². The largest absolute Gasteiger partial charge is 0.356 e. The Kier molecular flexibility index (Phi) is 3.65. The topological polar surface area (TPSA) is 73.1 Å². The molecule has 1 amide bonds. The number of aryl methyl sites for hydroxylation is 2. The van der Waals surface area contributed by atoms with Gasteiger partial charge in [-0.15, -0.1) is 0 Å². The van der Waals surface area contributed by atoms with Crippen LogP contribution in [-0.4, -0.2) is 33.9 Å². The quantitative estimate of drug-likeness (QED) is 0.843. The van der Waals surface area contributed by atoms with Crippen LogP contribution in [0, 0.1) is 25.2 Å². The summed E-state index contributed by atoms with van der Waals surface area (Å²) in [7, 11) is 0. The second-order valence-corrected chi connectivity index (χ2v) is 6.72. The van der Waals surface area contributed by atoms with Crippen molar-refractivity contribution < 1.29 is 4.79 Å². The third-order valence-electron chi connectivity index (χ3n) is 4.77. The van der Waals surface area contributed by atoms with Crippen molar-refractivity contribution in [1.82, 2.24) is 14.9 Å². The average molecular weight is 333 g/mol. The zero-order valence-electron chi connectivity index (χ0n) is 14.4. The van der Waals surface area contributed by atoms with Crippen molar-refractivity contribution in [2.75, 3.05) is 18.0 Å². The highest BCUT2D eigenvalue weighted by Crippen LogP contribution is 2.32. The average Bonchev–Trinajstić information content (AvgIpc) is 2.95. The van der Waals surface area contributed by atoms with E-state index in [2.05, 4.69) is 20.9 Å². The van der Waals surface area contributed by atoms with Gasteiger partial charge in [0, 0.05) is 24.2 Å². The molecule has 1 aromatic carbocycles. The van der Waals surface area contributed by atoms with Crippen LogP contribution in [0.3, 0.4) is 0 Å². The van der Waals surface area contributed by atoms with Crippen LogP contribution in [0.2, 0.25) is 0 Å². The number of carbonyl (C=O) groups is 1. The molecule has 0 aliphatic carbocycles. The Morgan fingerprint density at radius 1 is 1.16 bits per heavy atom. The molecule has 0 saturated carbocycles. The molecule has 2 aliphatic heterocycles. The molecule has 0 N–H and O–H groups in total. The molecule has 0 unspecified atom stereocenters. The molecule has 1 aromatic heterocycles. The molecule has 0 atom stereocenters. The lowest BCUT2D eigenvalue weighted by Crippen LogP contribution is -2.38. The summed E-state index contributed by atoms with van der Waals surface area (Å²) in [5.74, 6) is 1.66. The molecule has 1 saturated heterocycles. The number of nitriles is 1. The summed E-state index contributed by atoms with van der Waals surface area (Å²) in [6.45, 7) is 6.84. The van der Waals surface area contributed by atoms with Gasteiger partial charge in [0.2, 0.25) is 0 Å². The lowest BCUT2D eigenvalue weighted by Gasteiger charge is -2.33. The minimum absolute atomic E-state index is 0.0644. The molecule has 1 fully saturated rings. The van der Waals surface area contributed by atoms with Crippen LogP contribution in [0.5, 0.6) is 0 Å². The first-order valence-corrected chi connectivity index (χ1v) is 8.47. The number of benzene rings is 1. The van der Waals surface area contributed by atoms with Gasteiger partial charge in [0.05, 0.1) is 30.4 Å². The van der Waals surface area contributed by atoms with Crippen molar-refractivity contribution in [2.24, 2.45) is 0 Å². The summed E-state index contributed by atoms with van der Waals surface area (Å²) >= 11 is 0. The number of hydrogen-bond acceptors (Lipinski definition) is 5. The van der Waals surface area contributed by atoms with E-state index in [-0.39, 0.29) is 5.91 Å². The molecule has 2 aliphatic rings. The summed E-state index contributed by atoms with van der Waals surface area (Å²) < 4.78 is 0. The van der Waals surface area contributed by atoms with Crippen molar-refractivity contribution in [3.8, 4) is 6.07 Å². The number of rotatable bonds is 2. The maximum atomic E-state index is 12.9. The molecule has 126 valence electrons. The van der Waals surface area contributed by atoms with E-state index in [4.69, 9.17) is 5.26 Å². The first kappa shape index (κ1) is 15.6. The summed E-state index contributed by atoms with van der Waals surface area (Å²) in [6, 6.07) is 7.39. The van der Waals surface area contributed by atoms with Gasteiger partial charge in [-0.25, -0.2) is 9.97 Å². The van der Waals surface area contributed by atoms with Gasteiger partial charge in [-0.3, -0.25) is 4.79 Å². The fourth-order valence-corrected chi connectivity index (χ4v) is 3.44. The van der Waals surface area contributed by atoms with Crippen molar-refractivity contribution in [1.29, 1.82) is 5.26 Å². The molecule has 0 radical (unpaired) electrons. The molecule has 3 heterocycles. The van der Waals surface area contributed by atoms with Gasteiger partial charge in [-0.1, -0.05) is 0 Å². The monoisotopic (exact) mass is 333 g/mol. The van der Waals surface area contributed by atoms with Crippen LogP contribution in [0.25, 0.3) is 0 Å². The van der Waals surface area contributed by atoms with Gasteiger partial charge in [0.15, 0.2) is 0 Å². The molecule has 6 heteroatoms. The van der Waals surface area contributed by atoms with E-state index in [0.29, 0.717) is 24.2 Å². The second kappa shape index (κ2) is 5.85. The Hall–Kier alpha value is -2.94. The SMILES string of the molecule is Cc1cc(C#N)cc(C(=O)N2Cc3nc(C)nc(N4CCC4)c3C2)c1. The Balaban J connectivity index is 1.64. The smallest absolute Gasteiger partial charge is 0.254 e. The summed E-state index contributed by atoms with van der Waals surface area (Å²) in [5, 5.41) is 9.14. The fourth-order valence-electron chi connectivity index (χ4n) is 3.44. The van der Waals surface area contributed by atoms with E-state index in [1.165, 1.54) is 6.42 Å². The van der Waals surface area contributed by atoms with E-state index in [9.17, 15) is 4.79 Å². The van der Waals surface area contributed by atoms with E-state index in [1.807, 2.05) is 19.9 Å². The zero-order valence-corrected chi connectivity index (χ0v) is 14.4. The van der Waals surface area contributed by atoms with Crippen LogP contribution in [0.1, 0.15) is 45.0 Å². The Bertz CT molecular complexity index is 911. The summed E-state index contributed by atoms with van der Waals surface area (Å²) in [6.07, 6.45) is 1.18. The lowest BCUT2D eigenvalue weighted by atomic mass is 10.1. The predicted molar refractivity (Wildman–Crippen MR) is 93.1 cm³/mol. The van der Waals surface area contributed by atoms with Gasteiger partial charge in [-0.05, 0) is 44.0 Å². The number of carbonyl (C=O) groups excluding carboxylic acids is 1. The number of amides is 1. The third kappa shape index (κ3) is 2.72. The van der Waals surface area contributed by atoms with Gasteiger partial charge in [0.25, 0.3) is 5.91 Å². The molecular weight excluding hydrogens is 314 g/mol. The van der Waals surface area contributed by atoms with E-state index in [1.54, 1.807) is 17.0 Å². The van der Waals surface area contributed by atoms with Gasteiger partial charge >= 0.3 is 0 Å². The van der Waals surface area contributed by atoms with Crippen molar-refractivity contribution in [3.63, 3.8) is 0 Å². The molecule has 2 aromatic rings. The van der Waals surface area contributed by atoms with Crippen LogP contribution in [-0.2, 0) is 13.1 Å². The Morgan fingerprint density at radius 2 is 1.96 bits per heavy atom. The number of aromatic nitrogens is 2. The molecule has 25 heavy (non-hydrogen) atoms. The van der Waals surface area contributed by atoms with Crippen molar-refractivity contribution >= 4 is 11.7 Å². The predicted octanol–water partition coefficient (Wildman–Crippen LogP) is 2.33. The second-order valence-electron chi connectivity index (χ2n) is 6.72. The number of fused-ring (bicyclic) bond motifs is 1. The summed E-state index contributed by atoms with van der Waals surface area (Å²) in [5.41, 5.74) is 3.98. The Labute approximate surface area is 146 Å². The number of nitrogens with zero attached hydrogens (tertiary/aromatic N) is 5. The number of anilines is 1. The number of hydrogen-bond donors (Lipinski definition) is 0. The first-order chi connectivity index (χ1) is 12.0. The minimum atomic E-state index is -0.0644. The van der Waals surface area contributed by atoms with Gasteiger partial charge in [-0.2, -0.15) is 5.26 Å². The first-order valence-electron chi connectivity index (χ1n) is 8.47.